The number of anilines is 1. The van der Waals surface area contributed by atoms with Crippen molar-refractivity contribution in [2.45, 2.75) is 19.9 Å². The summed E-state index contributed by atoms with van der Waals surface area (Å²) in [6, 6.07) is 2.28. The monoisotopic (exact) mass is 274 g/mol. The number of hydrogen-bond donors (Lipinski definition) is 2. The molecule has 1 aromatic rings. The van der Waals surface area contributed by atoms with Crippen LogP contribution in [0.3, 0.4) is 0 Å². The van der Waals surface area contributed by atoms with E-state index in [-0.39, 0.29) is 11.7 Å². The second-order valence-electron chi connectivity index (χ2n) is 3.36. The predicted octanol–water partition coefficient (Wildman–Crippen LogP) is 2.18. The van der Waals surface area contributed by atoms with Gasteiger partial charge >= 0.3 is 0 Å². The Hall–Kier alpha value is -0.940. The average molecular weight is 275 g/mol. The minimum Gasteiger partial charge on any atom is -0.324 e. The van der Waals surface area contributed by atoms with Crippen molar-refractivity contribution in [2.24, 2.45) is 5.73 Å². The van der Waals surface area contributed by atoms with E-state index in [1.807, 2.05) is 0 Å². The number of amides is 1. The van der Waals surface area contributed by atoms with Crippen molar-refractivity contribution in [3.8, 4) is 0 Å². The minimum absolute atomic E-state index is 0.295. The molecular formula is C10H12BrFN2O. The number of nitrogens with one attached hydrogen (secondary N) is 1. The SMILES string of the molecule is Cc1cc(F)c(Br)cc1NC(=O)[C@H](C)N. The molecule has 1 aromatic carbocycles. The quantitative estimate of drug-likeness (QED) is 0.869. The maximum Gasteiger partial charge on any atom is 0.241 e. The lowest BCUT2D eigenvalue weighted by molar-refractivity contribution is -0.117. The van der Waals surface area contributed by atoms with E-state index in [9.17, 15) is 9.18 Å². The molecule has 0 aliphatic carbocycles. The Balaban J connectivity index is 2.96. The highest BCUT2D eigenvalue weighted by molar-refractivity contribution is 9.10. The summed E-state index contributed by atoms with van der Waals surface area (Å²) in [5.74, 6) is -0.650. The molecule has 0 bridgehead atoms. The van der Waals surface area contributed by atoms with Gasteiger partial charge in [-0.05, 0) is 47.5 Å². The zero-order valence-corrected chi connectivity index (χ0v) is 10.1. The van der Waals surface area contributed by atoms with Gasteiger partial charge in [0, 0.05) is 5.69 Å². The maximum atomic E-state index is 13.1. The summed E-state index contributed by atoms with van der Waals surface area (Å²) < 4.78 is 13.4. The first-order valence-corrected chi connectivity index (χ1v) is 5.23. The number of carbonyl (C=O) groups excluding carboxylic acids is 1. The van der Waals surface area contributed by atoms with Crippen LogP contribution in [0.25, 0.3) is 0 Å². The highest BCUT2D eigenvalue weighted by Gasteiger charge is 2.11. The van der Waals surface area contributed by atoms with Crippen molar-refractivity contribution in [1.82, 2.24) is 0 Å². The molecule has 3 N–H and O–H groups in total. The van der Waals surface area contributed by atoms with Gasteiger partial charge in [-0.1, -0.05) is 0 Å². The molecule has 0 heterocycles. The first-order valence-electron chi connectivity index (χ1n) is 4.44. The highest BCUT2D eigenvalue weighted by Crippen LogP contribution is 2.24. The third-order valence-electron chi connectivity index (χ3n) is 1.94. The van der Waals surface area contributed by atoms with Crippen LogP contribution in [0, 0.1) is 12.7 Å². The van der Waals surface area contributed by atoms with Gasteiger partial charge in [-0.3, -0.25) is 4.79 Å². The van der Waals surface area contributed by atoms with E-state index >= 15 is 0 Å². The standard InChI is InChI=1S/C10H12BrFN2O/c1-5-3-8(12)7(11)4-9(5)14-10(15)6(2)13/h3-4,6H,13H2,1-2H3,(H,14,15)/t6-/m0/s1. The van der Waals surface area contributed by atoms with Crippen molar-refractivity contribution in [3.63, 3.8) is 0 Å². The van der Waals surface area contributed by atoms with E-state index in [0.29, 0.717) is 15.7 Å². The highest BCUT2D eigenvalue weighted by atomic mass is 79.9. The van der Waals surface area contributed by atoms with Gasteiger partial charge in [0.15, 0.2) is 0 Å². The Morgan fingerprint density at radius 2 is 2.20 bits per heavy atom. The van der Waals surface area contributed by atoms with Crippen molar-refractivity contribution >= 4 is 27.5 Å². The van der Waals surface area contributed by atoms with Gasteiger partial charge < -0.3 is 11.1 Å². The van der Waals surface area contributed by atoms with Crippen LogP contribution in [-0.2, 0) is 4.79 Å². The molecule has 0 unspecified atom stereocenters. The number of carbonyl (C=O) groups is 1. The van der Waals surface area contributed by atoms with Gasteiger partial charge in [0.2, 0.25) is 5.91 Å². The number of rotatable bonds is 2. The second-order valence-corrected chi connectivity index (χ2v) is 4.21. The third kappa shape index (κ3) is 3.00. The van der Waals surface area contributed by atoms with Crippen LogP contribution in [0.15, 0.2) is 16.6 Å². The van der Waals surface area contributed by atoms with Crippen LogP contribution in [0.2, 0.25) is 0 Å². The summed E-state index contributed by atoms with van der Waals surface area (Å²) in [6.45, 7) is 3.30. The predicted molar refractivity (Wildman–Crippen MR) is 61.1 cm³/mol. The van der Waals surface area contributed by atoms with E-state index in [1.165, 1.54) is 12.1 Å². The second kappa shape index (κ2) is 4.72. The van der Waals surface area contributed by atoms with Crippen molar-refractivity contribution in [3.05, 3.63) is 28.0 Å². The molecule has 0 aliphatic rings. The molecule has 0 spiro atoms. The molecule has 82 valence electrons. The van der Waals surface area contributed by atoms with Gasteiger partial charge in [0.1, 0.15) is 5.82 Å². The third-order valence-corrected chi connectivity index (χ3v) is 2.55. The number of aryl methyl sites for hydroxylation is 1. The van der Waals surface area contributed by atoms with Crippen molar-refractivity contribution in [1.29, 1.82) is 0 Å². The molecule has 15 heavy (non-hydrogen) atoms. The van der Waals surface area contributed by atoms with Crippen LogP contribution in [0.4, 0.5) is 10.1 Å². The lowest BCUT2D eigenvalue weighted by Crippen LogP contribution is -2.32. The fraction of sp³-hybridized carbons (Fsp3) is 0.300. The fourth-order valence-electron chi connectivity index (χ4n) is 1.03. The van der Waals surface area contributed by atoms with E-state index < -0.39 is 6.04 Å². The van der Waals surface area contributed by atoms with Gasteiger partial charge in [-0.15, -0.1) is 0 Å². The molecule has 0 saturated carbocycles. The Labute approximate surface area is 96.0 Å². The molecule has 5 heteroatoms. The van der Waals surface area contributed by atoms with Crippen LogP contribution in [0.1, 0.15) is 12.5 Å². The summed E-state index contributed by atoms with van der Waals surface area (Å²) in [5, 5.41) is 2.62. The Bertz CT molecular complexity index is 393. The Morgan fingerprint density at radius 3 is 2.73 bits per heavy atom. The summed E-state index contributed by atoms with van der Waals surface area (Å²) >= 11 is 3.05. The molecule has 0 fully saturated rings. The number of benzene rings is 1. The van der Waals surface area contributed by atoms with Gasteiger partial charge in [-0.25, -0.2) is 4.39 Å². The lowest BCUT2D eigenvalue weighted by atomic mass is 10.2. The number of halogens is 2. The topological polar surface area (TPSA) is 55.1 Å². The van der Waals surface area contributed by atoms with Gasteiger partial charge in [0.05, 0.1) is 10.5 Å². The number of hydrogen-bond acceptors (Lipinski definition) is 2. The fourth-order valence-corrected chi connectivity index (χ4v) is 1.37. The largest absolute Gasteiger partial charge is 0.324 e. The van der Waals surface area contributed by atoms with E-state index in [0.717, 1.165) is 0 Å². The molecule has 1 amide bonds. The van der Waals surface area contributed by atoms with E-state index in [2.05, 4.69) is 21.2 Å². The van der Waals surface area contributed by atoms with Crippen LogP contribution >= 0.6 is 15.9 Å². The molecule has 3 nitrogen and oxygen atoms in total. The molecule has 1 rings (SSSR count). The van der Waals surface area contributed by atoms with Crippen molar-refractivity contribution < 1.29 is 9.18 Å². The summed E-state index contributed by atoms with van der Waals surface area (Å²) in [5.41, 5.74) is 6.62. The Morgan fingerprint density at radius 1 is 1.60 bits per heavy atom. The summed E-state index contributed by atoms with van der Waals surface area (Å²) in [4.78, 5) is 11.3. The Kier molecular flexibility index (Phi) is 3.82. The first-order chi connectivity index (χ1) is 6.91. The van der Waals surface area contributed by atoms with Gasteiger partial charge in [0.25, 0.3) is 0 Å². The smallest absolute Gasteiger partial charge is 0.241 e. The van der Waals surface area contributed by atoms with Crippen LogP contribution in [-0.4, -0.2) is 11.9 Å². The molecular weight excluding hydrogens is 263 g/mol. The normalized spacial score (nSPS) is 12.3. The zero-order chi connectivity index (χ0) is 11.6. The summed E-state index contributed by atoms with van der Waals surface area (Å²) in [6.07, 6.45) is 0. The lowest BCUT2D eigenvalue weighted by Gasteiger charge is -2.11. The average Bonchev–Trinajstić information content (AvgIpc) is 2.13. The van der Waals surface area contributed by atoms with Crippen molar-refractivity contribution in [2.75, 3.05) is 5.32 Å². The summed E-state index contributed by atoms with van der Waals surface area (Å²) in [7, 11) is 0. The first kappa shape index (κ1) is 12.1. The minimum atomic E-state index is -0.590. The molecule has 0 aromatic heterocycles. The zero-order valence-electron chi connectivity index (χ0n) is 8.47. The van der Waals surface area contributed by atoms with Gasteiger partial charge in [-0.2, -0.15) is 0 Å². The van der Waals surface area contributed by atoms with Crippen LogP contribution in [0.5, 0.6) is 0 Å². The molecule has 0 radical (unpaired) electrons. The molecule has 0 aliphatic heterocycles. The van der Waals surface area contributed by atoms with E-state index in [4.69, 9.17) is 5.73 Å². The maximum absolute atomic E-state index is 13.1. The molecule has 1 atom stereocenters. The van der Waals surface area contributed by atoms with E-state index in [1.54, 1.807) is 13.8 Å². The molecule has 0 saturated heterocycles. The van der Waals surface area contributed by atoms with Crippen LogP contribution < -0.4 is 11.1 Å². The number of nitrogens with two attached hydrogens (primary N) is 1.